The SMILES string of the molecule is Cc1ccc(NCc2sccc2C)cc1I. The summed E-state index contributed by atoms with van der Waals surface area (Å²) in [5.41, 5.74) is 3.90. The first-order valence-electron chi connectivity index (χ1n) is 5.20. The van der Waals surface area contributed by atoms with Gasteiger partial charge in [-0.25, -0.2) is 0 Å². The molecule has 0 aliphatic heterocycles. The van der Waals surface area contributed by atoms with E-state index in [0.29, 0.717) is 0 Å². The molecule has 1 aromatic heterocycles. The zero-order valence-electron chi connectivity index (χ0n) is 9.38. The first-order chi connectivity index (χ1) is 7.66. The molecule has 1 nitrogen and oxygen atoms in total. The average Bonchev–Trinajstić information content (AvgIpc) is 2.66. The highest BCUT2D eigenvalue weighted by molar-refractivity contribution is 14.1. The Kier molecular flexibility index (Phi) is 3.86. The van der Waals surface area contributed by atoms with E-state index in [1.165, 1.54) is 25.3 Å². The number of rotatable bonds is 3. The fourth-order valence-corrected chi connectivity index (χ4v) is 2.83. The number of thiophene rings is 1. The summed E-state index contributed by atoms with van der Waals surface area (Å²) in [6.07, 6.45) is 0. The van der Waals surface area contributed by atoms with Crippen molar-refractivity contribution < 1.29 is 0 Å². The number of hydrogen-bond donors (Lipinski definition) is 1. The Bertz CT molecular complexity index is 490. The van der Waals surface area contributed by atoms with E-state index in [2.05, 4.69) is 71.4 Å². The van der Waals surface area contributed by atoms with Crippen LogP contribution < -0.4 is 5.32 Å². The van der Waals surface area contributed by atoms with E-state index >= 15 is 0 Å². The molecule has 0 radical (unpaired) electrons. The molecular weight excluding hydrogens is 329 g/mol. The molecule has 84 valence electrons. The summed E-state index contributed by atoms with van der Waals surface area (Å²) in [6.45, 7) is 5.21. The second-order valence-electron chi connectivity index (χ2n) is 3.84. The predicted molar refractivity (Wildman–Crippen MR) is 80.3 cm³/mol. The van der Waals surface area contributed by atoms with Crippen molar-refractivity contribution >= 4 is 39.6 Å². The Morgan fingerprint density at radius 2 is 2.00 bits per heavy atom. The molecule has 1 heterocycles. The highest BCUT2D eigenvalue weighted by Crippen LogP contribution is 2.20. The Morgan fingerprint density at radius 1 is 1.19 bits per heavy atom. The maximum atomic E-state index is 3.46. The monoisotopic (exact) mass is 343 g/mol. The normalized spacial score (nSPS) is 10.4. The molecule has 3 heteroatoms. The fraction of sp³-hybridized carbons (Fsp3) is 0.231. The Labute approximate surface area is 114 Å². The lowest BCUT2D eigenvalue weighted by atomic mass is 10.2. The molecule has 0 unspecified atom stereocenters. The maximum absolute atomic E-state index is 3.46. The third-order valence-corrected chi connectivity index (χ3v) is 4.78. The summed E-state index contributed by atoms with van der Waals surface area (Å²) in [5, 5.41) is 5.61. The van der Waals surface area contributed by atoms with E-state index in [0.717, 1.165) is 6.54 Å². The molecule has 0 aliphatic rings. The van der Waals surface area contributed by atoms with Crippen molar-refractivity contribution in [3.63, 3.8) is 0 Å². The molecule has 0 amide bonds. The van der Waals surface area contributed by atoms with Crippen LogP contribution in [0.3, 0.4) is 0 Å². The third kappa shape index (κ3) is 2.77. The second kappa shape index (κ2) is 5.19. The Morgan fingerprint density at radius 3 is 2.62 bits per heavy atom. The van der Waals surface area contributed by atoms with Crippen LogP contribution in [0.25, 0.3) is 0 Å². The molecule has 0 atom stereocenters. The number of hydrogen-bond acceptors (Lipinski definition) is 2. The molecule has 16 heavy (non-hydrogen) atoms. The van der Waals surface area contributed by atoms with Crippen LogP contribution in [0.2, 0.25) is 0 Å². The van der Waals surface area contributed by atoms with Crippen molar-refractivity contribution in [1.29, 1.82) is 0 Å². The van der Waals surface area contributed by atoms with Gasteiger partial charge in [0, 0.05) is 20.7 Å². The minimum absolute atomic E-state index is 0.919. The van der Waals surface area contributed by atoms with Gasteiger partial charge in [0.2, 0.25) is 0 Å². The van der Waals surface area contributed by atoms with E-state index in [4.69, 9.17) is 0 Å². The highest BCUT2D eigenvalue weighted by atomic mass is 127. The van der Waals surface area contributed by atoms with Crippen LogP contribution in [0.5, 0.6) is 0 Å². The number of halogens is 1. The summed E-state index contributed by atoms with van der Waals surface area (Å²) >= 11 is 4.18. The molecule has 2 rings (SSSR count). The van der Waals surface area contributed by atoms with Gasteiger partial charge in [-0.05, 0) is 71.1 Å². The van der Waals surface area contributed by atoms with Crippen molar-refractivity contribution in [3.8, 4) is 0 Å². The van der Waals surface area contributed by atoms with Gasteiger partial charge in [0.15, 0.2) is 0 Å². The summed E-state index contributed by atoms with van der Waals surface area (Å²) in [6, 6.07) is 8.66. The van der Waals surface area contributed by atoms with E-state index in [9.17, 15) is 0 Å². The number of anilines is 1. The number of nitrogens with one attached hydrogen (secondary N) is 1. The quantitative estimate of drug-likeness (QED) is 0.805. The van der Waals surface area contributed by atoms with Gasteiger partial charge >= 0.3 is 0 Å². The summed E-state index contributed by atoms with van der Waals surface area (Å²) in [4.78, 5) is 1.41. The lowest BCUT2D eigenvalue weighted by molar-refractivity contribution is 1.16. The van der Waals surface area contributed by atoms with Crippen LogP contribution in [0.4, 0.5) is 5.69 Å². The van der Waals surface area contributed by atoms with Crippen LogP contribution in [0, 0.1) is 17.4 Å². The molecule has 0 aliphatic carbocycles. The van der Waals surface area contributed by atoms with E-state index in [1.54, 1.807) is 0 Å². The standard InChI is InChI=1S/C13H14INS/c1-9-3-4-11(7-12(9)14)15-8-13-10(2)5-6-16-13/h3-7,15H,8H2,1-2H3. The van der Waals surface area contributed by atoms with Gasteiger partial charge < -0.3 is 5.32 Å². The largest absolute Gasteiger partial charge is 0.380 e. The van der Waals surface area contributed by atoms with Crippen LogP contribution in [0.15, 0.2) is 29.6 Å². The minimum atomic E-state index is 0.919. The zero-order chi connectivity index (χ0) is 11.5. The van der Waals surface area contributed by atoms with Gasteiger partial charge in [-0.1, -0.05) is 6.07 Å². The summed E-state index contributed by atoms with van der Waals surface area (Å²) in [7, 11) is 0. The van der Waals surface area contributed by atoms with Crippen LogP contribution in [-0.2, 0) is 6.54 Å². The first kappa shape index (κ1) is 11.9. The number of benzene rings is 1. The summed E-state index contributed by atoms with van der Waals surface area (Å²) < 4.78 is 1.31. The van der Waals surface area contributed by atoms with Gasteiger partial charge in [0.05, 0.1) is 0 Å². The molecule has 1 aromatic carbocycles. The Hall–Kier alpha value is -0.550. The first-order valence-corrected chi connectivity index (χ1v) is 7.15. The smallest absolute Gasteiger partial charge is 0.0496 e. The second-order valence-corrected chi connectivity index (χ2v) is 6.01. The topological polar surface area (TPSA) is 12.0 Å². The van der Waals surface area contributed by atoms with Gasteiger partial charge in [-0.15, -0.1) is 11.3 Å². The lowest BCUT2D eigenvalue weighted by Crippen LogP contribution is -1.99. The van der Waals surface area contributed by atoms with E-state index < -0.39 is 0 Å². The van der Waals surface area contributed by atoms with Gasteiger partial charge in [-0.3, -0.25) is 0 Å². The van der Waals surface area contributed by atoms with E-state index in [-0.39, 0.29) is 0 Å². The molecule has 2 aromatic rings. The average molecular weight is 343 g/mol. The highest BCUT2D eigenvalue weighted by Gasteiger charge is 2.00. The van der Waals surface area contributed by atoms with Crippen molar-refractivity contribution in [2.24, 2.45) is 0 Å². The summed E-state index contributed by atoms with van der Waals surface area (Å²) in [5.74, 6) is 0. The van der Waals surface area contributed by atoms with Crippen molar-refractivity contribution in [2.75, 3.05) is 5.32 Å². The van der Waals surface area contributed by atoms with Crippen molar-refractivity contribution in [1.82, 2.24) is 0 Å². The maximum Gasteiger partial charge on any atom is 0.0496 e. The fourth-order valence-electron chi connectivity index (χ4n) is 1.47. The number of aryl methyl sites for hydroxylation is 2. The minimum Gasteiger partial charge on any atom is -0.380 e. The lowest BCUT2D eigenvalue weighted by Gasteiger charge is -2.07. The van der Waals surface area contributed by atoms with E-state index in [1.807, 2.05) is 11.3 Å². The molecule has 1 N–H and O–H groups in total. The van der Waals surface area contributed by atoms with Gasteiger partial charge in [0.1, 0.15) is 0 Å². The molecule has 0 spiro atoms. The molecule has 0 saturated heterocycles. The van der Waals surface area contributed by atoms with Gasteiger partial charge in [-0.2, -0.15) is 0 Å². The third-order valence-electron chi connectivity index (χ3n) is 2.59. The zero-order valence-corrected chi connectivity index (χ0v) is 12.4. The van der Waals surface area contributed by atoms with Gasteiger partial charge in [0.25, 0.3) is 0 Å². The van der Waals surface area contributed by atoms with Crippen LogP contribution in [0.1, 0.15) is 16.0 Å². The van der Waals surface area contributed by atoms with Crippen molar-refractivity contribution in [2.45, 2.75) is 20.4 Å². The van der Waals surface area contributed by atoms with Crippen molar-refractivity contribution in [3.05, 3.63) is 49.2 Å². The molecular formula is C13H14INS. The molecule has 0 bridgehead atoms. The Balaban J connectivity index is 2.05. The molecule has 0 saturated carbocycles. The predicted octanol–water partition coefficient (Wildman–Crippen LogP) is 4.58. The van der Waals surface area contributed by atoms with Crippen LogP contribution in [-0.4, -0.2) is 0 Å². The van der Waals surface area contributed by atoms with Crippen LogP contribution >= 0.6 is 33.9 Å². The molecule has 0 fully saturated rings.